The molecule has 6 heteroatoms. The molecule has 0 atom stereocenters. The smallest absolute Gasteiger partial charge is 0.184 e. The number of halogens is 2. The highest BCUT2D eigenvalue weighted by atomic mass is 19.2. The number of para-hydroxylation sites is 2. The Morgan fingerprint density at radius 2 is 1.95 bits per heavy atom. The zero-order valence-electron chi connectivity index (χ0n) is 10.8. The van der Waals surface area contributed by atoms with E-state index in [4.69, 9.17) is 11.0 Å². The summed E-state index contributed by atoms with van der Waals surface area (Å²) in [6, 6.07) is 11.2. The maximum absolute atomic E-state index is 14.2. The molecule has 3 rings (SSSR count). The van der Waals surface area contributed by atoms with Crippen LogP contribution in [0.4, 0.5) is 14.5 Å². The van der Waals surface area contributed by atoms with E-state index in [1.807, 2.05) is 6.07 Å². The molecule has 2 N–H and O–H groups in total. The van der Waals surface area contributed by atoms with E-state index >= 15 is 0 Å². The van der Waals surface area contributed by atoms with Crippen molar-refractivity contribution in [1.29, 1.82) is 5.26 Å². The zero-order chi connectivity index (χ0) is 15.0. The van der Waals surface area contributed by atoms with Gasteiger partial charge in [0.15, 0.2) is 11.6 Å². The number of rotatable bonds is 2. The van der Waals surface area contributed by atoms with Crippen LogP contribution >= 0.6 is 0 Å². The first kappa shape index (κ1) is 13.1. The van der Waals surface area contributed by atoms with Crippen LogP contribution in [0, 0.1) is 23.0 Å². The highest BCUT2D eigenvalue weighted by Gasteiger charge is 2.19. The summed E-state index contributed by atoms with van der Waals surface area (Å²) in [7, 11) is 0. The van der Waals surface area contributed by atoms with Gasteiger partial charge in [0, 0.05) is 0 Å². The van der Waals surface area contributed by atoms with Crippen molar-refractivity contribution < 1.29 is 8.78 Å². The fourth-order valence-corrected chi connectivity index (χ4v) is 2.30. The average Bonchev–Trinajstić information content (AvgIpc) is 2.83. The first-order valence-corrected chi connectivity index (χ1v) is 6.20. The summed E-state index contributed by atoms with van der Waals surface area (Å²) in [4.78, 5) is 4.29. The molecule has 0 saturated carbocycles. The number of imidazole rings is 1. The van der Waals surface area contributed by atoms with E-state index in [0.717, 1.165) is 6.07 Å². The number of anilines is 1. The van der Waals surface area contributed by atoms with Gasteiger partial charge in [-0.25, -0.2) is 13.8 Å². The predicted octanol–water partition coefficient (Wildman–Crippen LogP) is 2.95. The first-order valence-electron chi connectivity index (χ1n) is 6.20. The lowest BCUT2D eigenvalue weighted by Gasteiger charge is -2.12. The Bertz CT molecular complexity index is 877. The fourth-order valence-electron chi connectivity index (χ4n) is 2.30. The van der Waals surface area contributed by atoms with Crippen LogP contribution in [-0.4, -0.2) is 9.55 Å². The van der Waals surface area contributed by atoms with Gasteiger partial charge < -0.3 is 5.73 Å². The van der Waals surface area contributed by atoms with Crippen molar-refractivity contribution in [3.8, 4) is 11.8 Å². The van der Waals surface area contributed by atoms with Crippen LogP contribution in [0.2, 0.25) is 0 Å². The van der Waals surface area contributed by atoms with Gasteiger partial charge in [-0.3, -0.25) is 4.57 Å². The number of nitrogens with zero attached hydrogens (tertiary/aromatic N) is 3. The molecule has 0 amide bonds. The highest BCUT2D eigenvalue weighted by Crippen LogP contribution is 2.29. The molecule has 0 radical (unpaired) electrons. The zero-order valence-corrected chi connectivity index (χ0v) is 10.8. The largest absolute Gasteiger partial charge is 0.397 e. The standard InChI is InChI=1S/C15H10F2N4/c16-9-5-6-10(19)15(14(9)17)21-12-4-2-1-3-11(12)20-13(21)7-8-18/h1-6H,7,19H2. The maximum Gasteiger partial charge on any atom is 0.184 e. The third-order valence-corrected chi connectivity index (χ3v) is 3.19. The van der Waals surface area contributed by atoms with Gasteiger partial charge in [-0.15, -0.1) is 0 Å². The Morgan fingerprint density at radius 1 is 1.19 bits per heavy atom. The molecule has 0 bridgehead atoms. The molecule has 0 saturated heterocycles. The van der Waals surface area contributed by atoms with Crippen LogP contribution in [0.15, 0.2) is 36.4 Å². The molecule has 0 fully saturated rings. The molecule has 0 unspecified atom stereocenters. The van der Waals surface area contributed by atoms with Crippen molar-refractivity contribution >= 4 is 16.7 Å². The number of benzene rings is 2. The minimum Gasteiger partial charge on any atom is -0.397 e. The van der Waals surface area contributed by atoms with E-state index in [0.29, 0.717) is 16.9 Å². The average molecular weight is 284 g/mol. The van der Waals surface area contributed by atoms with E-state index in [2.05, 4.69) is 4.98 Å². The molecule has 0 spiro atoms. The summed E-state index contributed by atoms with van der Waals surface area (Å²) in [5, 5.41) is 8.91. The topological polar surface area (TPSA) is 67.6 Å². The lowest BCUT2D eigenvalue weighted by Crippen LogP contribution is -2.08. The van der Waals surface area contributed by atoms with E-state index in [1.54, 1.807) is 24.3 Å². The monoisotopic (exact) mass is 284 g/mol. The third-order valence-electron chi connectivity index (χ3n) is 3.19. The van der Waals surface area contributed by atoms with Gasteiger partial charge in [0.25, 0.3) is 0 Å². The van der Waals surface area contributed by atoms with Crippen molar-refractivity contribution in [2.45, 2.75) is 6.42 Å². The predicted molar refractivity (Wildman–Crippen MR) is 74.7 cm³/mol. The van der Waals surface area contributed by atoms with Crippen molar-refractivity contribution in [2.24, 2.45) is 0 Å². The van der Waals surface area contributed by atoms with Gasteiger partial charge in [0.1, 0.15) is 11.5 Å². The lowest BCUT2D eigenvalue weighted by atomic mass is 10.2. The molecule has 1 aromatic heterocycles. The number of nitriles is 1. The first-order chi connectivity index (χ1) is 10.1. The minimum absolute atomic E-state index is 0.0376. The Morgan fingerprint density at radius 3 is 2.71 bits per heavy atom. The molecule has 0 aliphatic heterocycles. The molecule has 104 valence electrons. The maximum atomic E-state index is 14.2. The van der Waals surface area contributed by atoms with Crippen LogP contribution in [0.3, 0.4) is 0 Å². The Labute approximate surface area is 119 Å². The van der Waals surface area contributed by atoms with Gasteiger partial charge >= 0.3 is 0 Å². The second-order valence-corrected chi connectivity index (χ2v) is 4.49. The fraction of sp³-hybridized carbons (Fsp3) is 0.0667. The highest BCUT2D eigenvalue weighted by molar-refractivity contribution is 5.80. The summed E-state index contributed by atoms with van der Waals surface area (Å²) in [6.07, 6.45) is -0.0376. The molecular weight excluding hydrogens is 274 g/mol. The molecular formula is C15H10F2N4. The van der Waals surface area contributed by atoms with Crippen LogP contribution < -0.4 is 5.73 Å². The summed E-state index contributed by atoms with van der Waals surface area (Å²) >= 11 is 0. The van der Waals surface area contributed by atoms with Crippen LogP contribution in [0.25, 0.3) is 16.7 Å². The molecule has 0 aliphatic carbocycles. The molecule has 3 aromatic rings. The SMILES string of the molecule is N#CCc1nc2ccccc2n1-c1c(N)ccc(F)c1F. The van der Waals surface area contributed by atoms with Gasteiger partial charge in [-0.1, -0.05) is 12.1 Å². The van der Waals surface area contributed by atoms with Crippen LogP contribution in [0.1, 0.15) is 5.82 Å². The van der Waals surface area contributed by atoms with Gasteiger partial charge in [-0.05, 0) is 24.3 Å². The minimum atomic E-state index is -1.06. The lowest BCUT2D eigenvalue weighted by molar-refractivity contribution is 0.505. The summed E-state index contributed by atoms with van der Waals surface area (Å²) in [6.45, 7) is 0. The molecule has 2 aromatic carbocycles. The normalized spacial score (nSPS) is 10.7. The number of nitrogen functional groups attached to an aromatic ring is 1. The molecule has 0 aliphatic rings. The van der Waals surface area contributed by atoms with Gasteiger partial charge in [0.05, 0.1) is 29.2 Å². The molecule has 1 heterocycles. The Hall–Kier alpha value is -2.94. The second kappa shape index (κ2) is 4.87. The number of fused-ring (bicyclic) bond motifs is 1. The number of hydrogen-bond acceptors (Lipinski definition) is 3. The van der Waals surface area contributed by atoms with Crippen molar-refractivity contribution in [3.05, 3.63) is 53.9 Å². The number of nitrogens with two attached hydrogens (primary N) is 1. The van der Waals surface area contributed by atoms with E-state index in [1.165, 1.54) is 10.6 Å². The number of aromatic nitrogens is 2. The second-order valence-electron chi connectivity index (χ2n) is 4.49. The summed E-state index contributed by atoms with van der Waals surface area (Å²) in [5.41, 5.74) is 6.92. The van der Waals surface area contributed by atoms with E-state index < -0.39 is 11.6 Å². The summed E-state index contributed by atoms with van der Waals surface area (Å²) < 4.78 is 29.1. The number of hydrogen-bond donors (Lipinski definition) is 1. The van der Waals surface area contributed by atoms with Crippen molar-refractivity contribution in [3.63, 3.8) is 0 Å². The van der Waals surface area contributed by atoms with E-state index in [9.17, 15) is 8.78 Å². The van der Waals surface area contributed by atoms with Gasteiger partial charge in [0.2, 0.25) is 0 Å². The Balaban J connectivity index is 2.42. The summed E-state index contributed by atoms with van der Waals surface area (Å²) in [5.74, 6) is -1.74. The van der Waals surface area contributed by atoms with Crippen molar-refractivity contribution in [2.75, 3.05) is 5.73 Å². The molecule has 4 nitrogen and oxygen atoms in total. The van der Waals surface area contributed by atoms with Crippen LogP contribution in [-0.2, 0) is 6.42 Å². The quantitative estimate of drug-likeness (QED) is 0.736. The molecule has 21 heavy (non-hydrogen) atoms. The van der Waals surface area contributed by atoms with Crippen LogP contribution in [0.5, 0.6) is 0 Å². The third kappa shape index (κ3) is 1.99. The van der Waals surface area contributed by atoms with Gasteiger partial charge in [-0.2, -0.15) is 5.26 Å². The van der Waals surface area contributed by atoms with Crippen molar-refractivity contribution in [1.82, 2.24) is 9.55 Å². The Kier molecular flexibility index (Phi) is 3.03. The van der Waals surface area contributed by atoms with E-state index in [-0.39, 0.29) is 17.8 Å².